The van der Waals surface area contributed by atoms with Crippen molar-refractivity contribution < 1.29 is 0 Å². The maximum atomic E-state index is 6.01. The average Bonchev–Trinajstić information content (AvgIpc) is 3.28. The van der Waals surface area contributed by atoms with E-state index in [1.807, 2.05) is 32.2 Å². The second-order valence-corrected chi connectivity index (χ2v) is 6.78. The summed E-state index contributed by atoms with van der Waals surface area (Å²) in [5.74, 6) is 3.19. The molecule has 2 aromatic rings. The highest BCUT2D eigenvalue weighted by Crippen LogP contribution is 2.40. The van der Waals surface area contributed by atoms with Crippen molar-refractivity contribution in [2.24, 2.45) is 0 Å². The van der Waals surface area contributed by atoms with Gasteiger partial charge in [0.1, 0.15) is 17.5 Å². The fourth-order valence-corrected chi connectivity index (χ4v) is 3.15. The first kappa shape index (κ1) is 14.8. The van der Waals surface area contributed by atoms with Crippen molar-refractivity contribution in [1.82, 2.24) is 9.97 Å². The number of anilines is 3. The Hall–Kier alpha value is -1.08. The number of hydrogen-bond acceptors (Lipinski definition) is 4. The fourth-order valence-electron chi connectivity index (χ4n) is 2.14. The summed E-state index contributed by atoms with van der Waals surface area (Å²) in [5, 5.41) is 7.30. The third kappa shape index (κ3) is 3.23. The predicted octanol–water partition coefficient (Wildman–Crippen LogP) is 4.71. The lowest BCUT2D eigenvalue weighted by Crippen LogP contribution is -2.07. The summed E-state index contributed by atoms with van der Waals surface area (Å²) in [6.45, 7) is 2.02. The molecule has 0 bridgehead atoms. The highest BCUT2D eigenvalue weighted by Gasteiger charge is 2.28. The van der Waals surface area contributed by atoms with E-state index in [1.165, 1.54) is 12.8 Å². The van der Waals surface area contributed by atoms with Crippen LogP contribution in [0.5, 0.6) is 0 Å². The van der Waals surface area contributed by atoms with E-state index < -0.39 is 0 Å². The summed E-state index contributed by atoms with van der Waals surface area (Å²) >= 11 is 8.28. The number of halogens is 2. The zero-order chi connectivity index (χ0) is 15.0. The topological polar surface area (TPSA) is 49.8 Å². The number of hydrogen-bond donors (Lipinski definition) is 2. The van der Waals surface area contributed by atoms with Crippen LogP contribution in [-0.2, 0) is 0 Å². The van der Waals surface area contributed by atoms with Gasteiger partial charge in [-0.1, -0.05) is 11.6 Å². The first-order valence-corrected chi connectivity index (χ1v) is 8.32. The van der Waals surface area contributed by atoms with E-state index in [-0.39, 0.29) is 0 Å². The molecule has 0 spiro atoms. The molecular weight excluding hydrogens is 399 g/mol. The maximum absolute atomic E-state index is 6.01. The van der Waals surface area contributed by atoms with Crippen molar-refractivity contribution in [3.63, 3.8) is 0 Å². The van der Waals surface area contributed by atoms with Crippen molar-refractivity contribution in [3.8, 4) is 0 Å². The second kappa shape index (κ2) is 5.96. The smallest absolute Gasteiger partial charge is 0.139 e. The molecule has 1 aliphatic carbocycles. The van der Waals surface area contributed by atoms with Gasteiger partial charge in [-0.05, 0) is 60.6 Å². The molecule has 0 atom stereocenters. The second-order valence-electron chi connectivity index (χ2n) is 5.18. The largest absolute Gasteiger partial charge is 0.373 e. The lowest BCUT2D eigenvalue weighted by atomic mass is 10.2. The highest BCUT2D eigenvalue weighted by atomic mass is 127. The SMILES string of the molecule is CNc1nc(C2CC2)nc(Nc2ccc(Cl)cc2I)c1C. The number of aromatic nitrogens is 2. The van der Waals surface area contributed by atoms with E-state index in [2.05, 4.69) is 38.2 Å². The standard InChI is InChI=1S/C15H16ClIN4/c1-8-13(18-2)20-15(9-3-4-9)21-14(8)19-12-6-5-10(16)7-11(12)17/h5-7,9H,3-4H2,1-2H3,(H2,18,19,20,21). The van der Waals surface area contributed by atoms with Crippen LogP contribution in [0.1, 0.15) is 30.1 Å². The molecule has 0 amide bonds. The third-order valence-electron chi connectivity index (χ3n) is 3.53. The molecule has 1 saturated carbocycles. The molecular formula is C15H16ClIN4. The molecule has 1 aromatic carbocycles. The number of benzene rings is 1. The third-order valence-corrected chi connectivity index (χ3v) is 4.65. The van der Waals surface area contributed by atoms with Crippen LogP contribution in [0.15, 0.2) is 18.2 Å². The molecule has 1 aliphatic rings. The van der Waals surface area contributed by atoms with Crippen LogP contribution in [0.3, 0.4) is 0 Å². The van der Waals surface area contributed by atoms with Crippen molar-refractivity contribution >= 4 is 51.5 Å². The number of nitrogens with one attached hydrogen (secondary N) is 2. The van der Waals surface area contributed by atoms with Crippen LogP contribution < -0.4 is 10.6 Å². The van der Waals surface area contributed by atoms with E-state index in [9.17, 15) is 0 Å². The predicted molar refractivity (Wildman–Crippen MR) is 95.7 cm³/mol. The van der Waals surface area contributed by atoms with Gasteiger partial charge in [0, 0.05) is 27.1 Å². The van der Waals surface area contributed by atoms with Crippen LogP contribution in [-0.4, -0.2) is 17.0 Å². The highest BCUT2D eigenvalue weighted by molar-refractivity contribution is 14.1. The summed E-state index contributed by atoms with van der Waals surface area (Å²) in [5.41, 5.74) is 2.03. The minimum Gasteiger partial charge on any atom is -0.373 e. The van der Waals surface area contributed by atoms with Gasteiger partial charge in [-0.3, -0.25) is 0 Å². The van der Waals surface area contributed by atoms with E-state index >= 15 is 0 Å². The normalized spacial score (nSPS) is 14.1. The van der Waals surface area contributed by atoms with E-state index in [4.69, 9.17) is 16.6 Å². The molecule has 1 fully saturated rings. The molecule has 0 aliphatic heterocycles. The summed E-state index contributed by atoms with van der Waals surface area (Å²) in [6, 6.07) is 5.78. The molecule has 3 rings (SSSR count). The number of nitrogens with zero attached hydrogens (tertiary/aromatic N) is 2. The quantitative estimate of drug-likeness (QED) is 0.712. The van der Waals surface area contributed by atoms with Gasteiger partial charge in [0.05, 0.1) is 5.69 Å². The van der Waals surface area contributed by atoms with Crippen molar-refractivity contribution in [2.75, 3.05) is 17.7 Å². The molecule has 6 heteroatoms. The Bertz CT molecular complexity index is 686. The van der Waals surface area contributed by atoms with Gasteiger partial charge in [0.25, 0.3) is 0 Å². The number of rotatable bonds is 4. The molecule has 1 aromatic heterocycles. The van der Waals surface area contributed by atoms with Crippen LogP contribution in [0.2, 0.25) is 5.02 Å². The molecule has 1 heterocycles. The molecule has 0 radical (unpaired) electrons. The van der Waals surface area contributed by atoms with Crippen LogP contribution >= 0.6 is 34.2 Å². The molecule has 21 heavy (non-hydrogen) atoms. The molecule has 110 valence electrons. The maximum Gasteiger partial charge on any atom is 0.139 e. The summed E-state index contributed by atoms with van der Waals surface area (Å²) < 4.78 is 1.07. The van der Waals surface area contributed by atoms with Crippen LogP contribution in [0, 0.1) is 10.5 Å². The Morgan fingerprint density at radius 3 is 2.57 bits per heavy atom. The van der Waals surface area contributed by atoms with Gasteiger partial charge in [-0.25, -0.2) is 9.97 Å². The minimum absolute atomic E-state index is 0.516. The Morgan fingerprint density at radius 1 is 1.24 bits per heavy atom. The Balaban J connectivity index is 1.98. The van der Waals surface area contributed by atoms with Crippen LogP contribution in [0.4, 0.5) is 17.3 Å². The fraction of sp³-hybridized carbons (Fsp3) is 0.333. The molecule has 2 N–H and O–H groups in total. The first-order chi connectivity index (χ1) is 10.1. The average molecular weight is 415 g/mol. The lowest BCUT2D eigenvalue weighted by Gasteiger charge is -2.14. The van der Waals surface area contributed by atoms with Gasteiger partial charge in [0.2, 0.25) is 0 Å². The van der Waals surface area contributed by atoms with E-state index in [0.717, 1.165) is 37.3 Å². The van der Waals surface area contributed by atoms with Crippen molar-refractivity contribution in [1.29, 1.82) is 0 Å². The van der Waals surface area contributed by atoms with Gasteiger partial charge in [-0.15, -0.1) is 0 Å². The molecule has 0 saturated heterocycles. The van der Waals surface area contributed by atoms with Gasteiger partial charge in [-0.2, -0.15) is 0 Å². The first-order valence-electron chi connectivity index (χ1n) is 6.87. The molecule has 0 unspecified atom stereocenters. The Morgan fingerprint density at radius 2 is 1.95 bits per heavy atom. The Labute approximate surface area is 142 Å². The zero-order valence-corrected chi connectivity index (χ0v) is 14.8. The van der Waals surface area contributed by atoms with Crippen molar-refractivity contribution in [3.05, 3.63) is 38.2 Å². The van der Waals surface area contributed by atoms with Gasteiger partial charge < -0.3 is 10.6 Å². The van der Waals surface area contributed by atoms with Crippen LogP contribution in [0.25, 0.3) is 0 Å². The molecule has 4 nitrogen and oxygen atoms in total. The summed E-state index contributed by atoms with van der Waals surface area (Å²) in [7, 11) is 1.89. The summed E-state index contributed by atoms with van der Waals surface area (Å²) in [4.78, 5) is 9.31. The van der Waals surface area contributed by atoms with E-state index in [0.29, 0.717) is 5.92 Å². The zero-order valence-electron chi connectivity index (χ0n) is 11.9. The lowest BCUT2D eigenvalue weighted by molar-refractivity contribution is 0.923. The van der Waals surface area contributed by atoms with Gasteiger partial charge >= 0.3 is 0 Å². The van der Waals surface area contributed by atoms with Crippen molar-refractivity contribution in [2.45, 2.75) is 25.7 Å². The minimum atomic E-state index is 0.516. The van der Waals surface area contributed by atoms with E-state index in [1.54, 1.807) is 0 Å². The summed E-state index contributed by atoms with van der Waals surface area (Å²) in [6.07, 6.45) is 2.37. The monoisotopic (exact) mass is 414 g/mol. The Kier molecular flexibility index (Phi) is 4.21. The van der Waals surface area contributed by atoms with Gasteiger partial charge in [0.15, 0.2) is 0 Å².